The van der Waals surface area contributed by atoms with Crippen molar-refractivity contribution in [1.82, 2.24) is 0 Å². The van der Waals surface area contributed by atoms with Crippen molar-refractivity contribution in [2.75, 3.05) is 43.1 Å². The predicted octanol–water partition coefficient (Wildman–Crippen LogP) is 3.74. The third kappa shape index (κ3) is 5.51. The van der Waals surface area contributed by atoms with E-state index in [0.29, 0.717) is 48.9 Å². The van der Waals surface area contributed by atoms with Gasteiger partial charge in [0.2, 0.25) is 0 Å². The molecular weight excluding hydrogens is 384 g/mol. The van der Waals surface area contributed by atoms with E-state index in [1.807, 2.05) is 19.9 Å². The lowest BCUT2D eigenvalue weighted by Crippen LogP contribution is -2.37. The number of nitrogens with zero attached hydrogens (tertiary/aromatic N) is 1. The van der Waals surface area contributed by atoms with Crippen LogP contribution in [0.25, 0.3) is 0 Å². The van der Waals surface area contributed by atoms with Crippen LogP contribution in [-0.4, -0.2) is 50.9 Å². The van der Waals surface area contributed by atoms with E-state index in [1.54, 1.807) is 43.3 Å². The minimum atomic E-state index is -0.412. The zero-order valence-corrected chi connectivity index (χ0v) is 17.6. The lowest BCUT2D eigenvalue weighted by atomic mass is 10.1. The summed E-state index contributed by atoms with van der Waals surface area (Å²) < 4.78 is 16.2. The number of rotatable bonds is 7. The smallest absolute Gasteiger partial charge is 0.340 e. The maximum absolute atomic E-state index is 12.6. The fraction of sp³-hybridized carbons (Fsp3) is 0.391. The van der Waals surface area contributed by atoms with Gasteiger partial charge in [0.25, 0.3) is 5.91 Å². The highest BCUT2D eigenvalue weighted by Gasteiger charge is 2.21. The van der Waals surface area contributed by atoms with Crippen molar-refractivity contribution >= 4 is 23.3 Å². The third-order valence-corrected chi connectivity index (χ3v) is 4.59. The van der Waals surface area contributed by atoms with Crippen LogP contribution in [0.4, 0.5) is 11.4 Å². The molecule has 7 heteroatoms. The van der Waals surface area contributed by atoms with Gasteiger partial charge in [0.05, 0.1) is 37.2 Å². The fourth-order valence-electron chi connectivity index (χ4n) is 3.23. The molecule has 0 spiro atoms. The van der Waals surface area contributed by atoms with Gasteiger partial charge in [-0.05, 0) is 63.2 Å². The highest BCUT2D eigenvalue weighted by molar-refractivity contribution is 6.05. The molecule has 1 amide bonds. The number of ether oxygens (including phenoxy) is 3. The standard InChI is InChI=1S/C23H28N2O5/c1-4-29-23(27)20-15-18(7-10-21(20)25-11-13-28-14-12-25)24-22(26)17-5-8-19(9-6-17)30-16(2)3/h5-10,15-16H,4,11-14H2,1-3H3,(H,24,26). The number of nitrogens with one attached hydrogen (secondary N) is 1. The molecular formula is C23H28N2O5. The average molecular weight is 412 g/mol. The van der Waals surface area contributed by atoms with Crippen molar-refractivity contribution in [2.45, 2.75) is 26.9 Å². The summed E-state index contributed by atoms with van der Waals surface area (Å²) in [5.74, 6) is 0.0336. The minimum Gasteiger partial charge on any atom is -0.491 e. The van der Waals surface area contributed by atoms with Crippen LogP contribution in [0, 0.1) is 0 Å². The number of amides is 1. The lowest BCUT2D eigenvalue weighted by Gasteiger charge is -2.30. The number of carbonyl (C=O) groups excluding carboxylic acids is 2. The second kappa shape index (κ2) is 10.1. The first-order valence-electron chi connectivity index (χ1n) is 10.2. The molecule has 0 saturated carbocycles. The van der Waals surface area contributed by atoms with Crippen LogP contribution < -0.4 is 15.0 Å². The van der Waals surface area contributed by atoms with Crippen LogP contribution in [0.3, 0.4) is 0 Å². The summed E-state index contributed by atoms with van der Waals surface area (Å²) in [4.78, 5) is 27.3. The molecule has 0 aromatic heterocycles. The number of carbonyl (C=O) groups is 2. The van der Waals surface area contributed by atoms with Gasteiger partial charge in [-0.2, -0.15) is 0 Å². The SMILES string of the molecule is CCOC(=O)c1cc(NC(=O)c2ccc(OC(C)C)cc2)ccc1N1CCOCC1. The predicted molar refractivity (Wildman–Crippen MR) is 116 cm³/mol. The van der Waals surface area contributed by atoms with Gasteiger partial charge in [-0.25, -0.2) is 4.79 Å². The summed E-state index contributed by atoms with van der Waals surface area (Å²) in [5, 5.41) is 2.86. The molecule has 0 bridgehead atoms. The van der Waals surface area contributed by atoms with Crippen LogP contribution in [0.2, 0.25) is 0 Å². The van der Waals surface area contributed by atoms with Crippen molar-refractivity contribution < 1.29 is 23.8 Å². The van der Waals surface area contributed by atoms with Crippen molar-refractivity contribution in [3.8, 4) is 5.75 Å². The van der Waals surface area contributed by atoms with Crippen molar-refractivity contribution in [3.05, 3.63) is 53.6 Å². The molecule has 0 atom stereocenters. The number of esters is 1. The first-order chi connectivity index (χ1) is 14.5. The van der Waals surface area contributed by atoms with Crippen molar-refractivity contribution in [3.63, 3.8) is 0 Å². The first-order valence-corrected chi connectivity index (χ1v) is 10.2. The van der Waals surface area contributed by atoms with Crippen LogP contribution in [0.1, 0.15) is 41.5 Å². The van der Waals surface area contributed by atoms with Crippen molar-refractivity contribution in [2.24, 2.45) is 0 Å². The average Bonchev–Trinajstić information content (AvgIpc) is 2.74. The Morgan fingerprint density at radius 2 is 1.80 bits per heavy atom. The van der Waals surface area contributed by atoms with E-state index in [1.165, 1.54) is 0 Å². The molecule has 3 rings (SSSR count). The Hall–Kier alpha value is -3.06. The van der Waals surface area contributed by atoms with Gasteiger partial charge < -0.3 is 24.4 Å². The molecule has 30 heavy (non-hydrogen) atoms. The Labute approximate surface area is 176 Å². The van der Waals surface area contributed by atoms with Crippen LogP contribution in [0.15, 0.2) is 42.5 Å². The molecule has 0 radical (unpaired) electrons. The Kier molecular flexibility index (Phi) is 7.30. The summed E-state index contributed by atoms with van der Waals surface area (Å²) in [7, 11) is 0. The molecule has 1 aliphatic rings. The van der Waals surface area contributed by atoms with Crippen LogP contribution in [0.5, 0.6) is 5.75 Å². The molecule has 1 N–H and O–H groups in total. The Morgan fingerprint density at radius 3 is 2.43 bits per heavy atom. The zero-order valence-electron chi connectivity index (χ0n) is 17.6. The number of morpholine rings is 1. The number of hydrogen-bond donors (Lipinski definition) is 1. The number of anilines is 2. The second-order valence-corrected chi connectivity index (χ2v) is 7.20. The molecule has 160 valence electrons. The van der Waals surface area contributed by atoms with E-state index in [-0.39, 0.29) is 18.6 Å². The summed E-state index contributed by atoms with van der Waals surface area (Å²) in [5.41, 5.74) is 2.24. The van der Waals surface area contributed by atoms with E-state index in [0.717, 1.165) is 5.69 Å². The maximum Gasteiger partial charge on any atom is 0.340 e. The Morgan fingerprint density at radius 1 is 1.10 bits per heavy atom. The van der Waals surface area contributed by atoms with Gasteiger partial charge in [0.1, 0.15) is 5.75 Å². The Balaban J connectivity index is 1.78. The molecule has 0 unspecified atom stereocenters. The third-order valence-electron chi connectivity index (χ3n) is 4.59. The quantitative estimate of drug-likeness (QED) is 0.698. The zero-order chi connectivity index (χ0) is 21.5. The van der Waals surface area contributed by atoms with Crippen LogP contribution >= 0.6 is 0 Å². The van der Waals surface area contributed by atoms with E-state index in [4.69, 9.17) is 14.2 Å². The minimum absolute atomic E-state index is 0.0657. The number of hydrogen-bond acceptors (Lipinski definition) is 6. The first kappa shape index (κ1) is 21.6. The molecule has 2 aromatic carbocycles. The molecule has 7 nitrogen and oxygen atoms in total. The van der Waals surface area contributed by atoms with E-state index in [2.05, 4.69) is 10.2 Å². The van der Waals surface area contributed by atoms with E-state index in [9.17, 15) is 9.59 Å². The van der Waals surface area contributed by atoms with Gasteiger partial charge >= 0.3 is 5.97 Å². The Bertz CT molecular complexity index is 874. The molecule has 1 aliphatic heterocycles. The molecule has 1 fully saturated rings. The lowest BCUT2D eigenvalue weighted by molar-refractivity contribution is 0.0526. The topological polar surface area (TPSA) is 77.1 Å². The van der Waals surface area contributed by atoms with Crippen molar-refractivity contribution in [1.29, 1.82) is 0 Å². The summed E-state index contributed by atoms with van der Waals surface area (Å²) in [6, 6.07) is 12.2. The highest BCUT2D eigenvalue weighted by atomic mass is 16.5. The number of benzene rings is 2. The maximum atomic E-state index is 12.6. The van der Waals surface area contributed by atoms with Gasteiger partial charge in [-0.3, -0.25) is 4.79 Å². The van der Waals surface area contributed by atoms with Crippen LogP contribution in [-0.2, 0) is 9.47 Å². The highest BCUT2D eigenvalue weighted by Crippen LogP contribution is 2.27. The molecule has 2 aromatic rings. The van der Waals surface area contributed by atoms with Gasteiger partial charge in [-0.15, -0.1) is 0 Å². The monoisotopic (exact) mass is 412 g/mol. The normalized spacial score (nSPS) is 13.8. The van der Waals surface area contributed by atoms with Gasteiger partial charge in [0, 0.05) is 24.3 Å². The second-order valence-electron chi connectivity index (χ2n) is 7.20. The van der Waals surface area contributed by atoms with E-state index >= 15 is 0 Å². The molecule has 0 aliphatic carbocycles. The summed E-state index contributed by atoms with van der Waals surface area (Å²) in [6.07, 6.45) is 0.0657. The van der Waals surface area contributed by atoms with Gasteiger partial charge in [0.15, 0.2) is 0 Å². The van der Waals surface area contributed by atoms with Gasteiger partial charge in [-0.1, -0.05) is 0 Å². The largest absolute Gasteiger partial charge is 0.491 e. The summed E-state index contributed by atoms with van der Waals surface area (Å²) >= 11 is 0. The molecule has 1 saturated heterocycles. The van der Waals surface area contributed by atoms with E-state index < -0.39 is 5.97 Å². The summed E-state index contributed by atoms with van der Waals surface area (Å²) in [6.45, 7) is 8.55. The molecule has 1 heterocycles. The fourth-order valence-corrected chi connectivity index (χ4v) is 3.23.